The van der Waals surface area contributed by atoms with Crippen LogP contribution in [0.2, 0.25) is 0 Å². The summed E-state index contributed by atoms with van der Waals surface area (Å²) >= 11 is 0. The van der Waals surface area contributed by atoms with Crippen LogP contribution in [-0.2, 0) is 12.0 Å². The van der Waals surface area contributed by atoms with Gasteiger partial charge in [0.1, 0.15) is 11.3 Å². The molecule has 0 saturated heterocycles. The highest BCUT2D eigenvalue weighted by atomic mass is 19.3. The average Bonchev–Trinajstić information content (AvgIpc) is 2.93. The number of hydrogen-bond acceptors (Lipinski definition) is 4. The largest absolute Gasteiger partial charge is 0.435 e. The van der Waals surface area contributed by atoms with Crippen LogP contribution in [0.15, 0.2) is 53.5 Å². The van der Waals surface area contributed by atoms with Gasteiger partial charge >= 0.3 is 6.61 Å². The lowest BCUT2D eigenvalue weighted by Gasteiger charge is -2.29. The second kappa shape index (κ2) is 7.27. The molecule has 0 radical (unpaired) electrons. The first kappa shape index (κ1) is 18.1. The molecule has 0 saturated carbocycles. The Bertz CT molecular complexity index is 798. The Kier molecular flexibility index (Phi) is 5.06. The van der Waals surface area contributed by atoms with Gasteiger partial charge < -0.3 is 15.4 Å². The minimum Gasteiger partial charge on any atom is -0.435 e. The van der Waals surface area contributed by atoms with Crippen molar-refractivity contribution in [3.63, 3.8) is 0 Å². The number of aliphatic imine (C=N–C) groups is 1. The summed E-state index contributed by atoms with van der Waals surface area (Å²) in [6, 6.07) is 14.4. The van der Waals surface area contributed by atoms with Gasteiger partial charge in [-0.05, 0) is 28.8 Å². The molecule has 2 aromatic carbocycles. The number of hydrogen-bond donors (Lipinski definition) is 1. The fourth-order valence-corrected chi connectivity index (χ4v) is 3.28. The highest BCUT2D eigenvalue weighted by Gasteiger charge is 2.41. The Morgan fingerprint density at radius 1 is 1.19 bits per heavy atom. The van der Waals surface area contributed by atoms with E-state index in [2.05, 4.69) is 9.73 Å². The highest BCUT2D eigenvalue weighted by molar-refractivity contribution is 5.81. The van der Waals surface area contributed by atoms with Gasteiger partial charge in [-0.25, -0.2) is 4.99 Å². The predicted octanol–water partition coefficient (Wildman–Crippen LogP) is 3.30. The van der Waals surface area contributed by atoms with Crippen LogP contribution in [0.4, 0.5) is 13.2 Å². The number of nitrogens with two attached hydrogens (primary N) is 1. The molecule has 0 aromatic heterocycles. The molecule has 138 valence electrons. The fourth-order valence-electron chi connectivity index (χ4n) is 3.28. The Morgan fingerprint density at radius 3 is 2.50 bits per heavy atom. The van der Waals surface area contributed by atoms with Crippen LogP contribution in [0.3, 0.4) is 0 Å². The van der Waals surface area contributed by atoms with Crippen LogP contribution < -0.4 is 10.5 Å². The van der Waals surface area contributed by atoms with Crippen molar-refractivity contribution in [3.8, 4) is 5.75 Å². The summed E-state index contributed by atoms with van der Waals surface area (Å²) in [6.45, 7) is -3.15. The Hall–Kier alpha value is -2.70. The van der Waals surface area contributed by atoms with Crippen molar-refractivity contribution in [2.24, 2.45) is 10.7 Å². The SMILES string of the molecule is CN1C[C@@](c2ccccc2)(c2ccc(OC(F)F)c(CCF)c2)N=C1N. The number of nitrogens with zero attached hydrogens (tertiary/aromatic N) is 2. The van der Waals surface area contributed by atoms with Gasteiger partial charge in [0.25, 0.3) is 0 Å². The van der Waals surface area contributed by atoms with Gasteiger partial charge in [-0.3, -0.25) is 4.39 Å². The minimum atomic E-state index is -2.96. The van der Waals surface area contributed by atoms with E-state index in [-0.39, 0.29) is 12.2 Å². The lowest BCUT2D eigenvalue weighted by atomic mass is 9.82. The Labute approximate surface area is 150 Å². The molecule has 0 spiro atoms. The molecule has 1 heterocycles. The molecule has 4 nitrogen and oxygen atoms in total. The van der Waals surface area contributed by atoms with Crippen molar-refractivity contribution in [3.05, 3.63) is 65.2 Å². The maximum atomic E-state index is 12.9. The third-order valence-electron chi connectivity index (χ3n) is 4.53. The summed E-state index contributed by atoms with van der Waals surface area (Å²) in [6.07, 6.45) is -0.0181. The van der Waals surface area contributed by atoms with Gasteiger partial charge in [0.2, 0.25) is 0 Å². The lowest BCUT2D eigenvalue weighted by molar-refractivity contribution is -0.0505. The predicted molar refractivity (Wildman–Crippen MR) is 94.2 cm³/mol. The van der Waals surface area contributed by atoms with E-state index in [0.717, 1.165) is 11.1 Å². The van der Waals surface area contributed by atoms with Gasteiger partial charge in [-0.1, -0.05) is 36.4 Å². The molecule has 0 fully saturated rings. The summed E-state index contributed by atoms with van der Waals surface area (Å²) in [5.74, 6) is 0.363. The topological polar surface area (TPSA) is 50.8 Å². The van der Waals surface area contributed by atoms with Crippen LogP contribution >= 0.6 is 0 Å². The van der Waals surface area contributed by atoms with Crippen LogP contribution in [0.25, 0.3) is 0 Å². The first-order valence-electron chi connectivity index (χ1n) is 8.22. The monoisotopic (exact) mass is 363 g/mol. The maximum absolute atomic E-state index is 12.9. The van der Waals surface area contributed by atoms with Crippen LogP contribution in [0.5, 0.6) is 5.75 Å². The number of guanidine groups is 1. The normalized spacial score (nSPS) is 19.7. The van der Waals surface area contributed by atoms with E-state index in [9.17, 15) is 13.2 Å². The van der Waals surface area contributed by atoms with Crippen LogP contribution in [0, 0.1) is 0 Å². The summed E-state index contributed by atoms with van der Waals surface area (Å²) in [5.41, 5.74) is 7.28. The Balaban J connectivity index is 2.12. The maximum Gasteiger partial charge on any atom is 0.387 e. The molecule has 2 N–H and O–H groups in total. The number of alkyl halides is 3. The summed E-state index contributed by atoms with van der Waals surface area (Å²) in [5, 5.41) is 0. The molecule has 0 unspecified atom stereocenters. The molecular formula is C19H20F3N3O. The van der Waals surface area contributed by atoms with Crippen LogP contribution in [-0.4, -0.2) is 37.7 Å². The zero-order valence-electron chi connectivity index (χ0n) is 14.3. The van der Waals surface area contributed by atoms with E-state index >= 15 is 0 Å². The van der Waals surface area contributed by atoms with Crippen molar-refractivity contribution in [2.45, 2.75) is 18.6 Å². The molecule has 26 heavy (non-hydrogen) atoms. The first-order valence-corrected chi connectivity index (χ1v) is 8.22. The van der Waals surface area contributed by atoms with E-state index in [1.54, 1.807) is 12.1 Å². The van der Waals surface area contributed by atoms with Crippen molar-refractivity contribution in [1.82, 2.24) is 4.90 Å². The highest BCUT2D eigenvalue weighted by Crippen LogP contribution is 2.39. The number of benzene rings is 2. The third-order valence-corrected chi connectivity index (χ3v) is 4.53. The standard InChI is InChI=1S/C19H20F3N3O/c1-25-12-19(24-18(25)23,14-5-3-2-4-6-14)15-7-8-16(26-17(21)22)13(11-15)9-10-20/h2-8,11,17H,9-10,12H2,1H3,(H2,23,24)/t19-/m1/s1. The molecule has 0 bridgehead atoms. The van der Waals surface area contributed by atoms with Crippen molar-refractivity contribution in [1.29, 1.82) is 0 Å². The quantitative estimate of drug-likeness (QED) is 0.857. The van der Waals surface area contributed by atoms with Crippen molar-refractivity contribution >= 4 is 5.96 Å². The smallest absolute Gasteiger partial charge is 0.387 e. The fraction of sp³-hybridized carbons (Fsp3) is 0.316. The van der Waals surface area contributed by atoms with E-state index in [4.69, 9.17) is 5.73 Å². The van der Waals surface area contributed by atoms with Gasteiger partial charge in [0.05, 0.1) is 13.2 Å². The van der Waals surface area contributed by atoms with Crippen LogP contribution in [0.1, 0.15) is 16.7 Å². The van der Waals surface area contributed by atoms with E-state index in [1.807, 2.05) is 42.3 Å². The molecule has 1 aliphatic heterocycles. The summed E-state index contributed by atoms with van der Waals surface area (Å²) in [7, 11) is 1.83. The zero-order chi connectivity index (χ0) is 18.7. The zero-order valence-corrected chi connectivity index (χ0v) is 14.3. The second-order valence-electron chi connectivity index (χ2n) is 6.19. The van der Waals surface area contributed by atoms with E-state index < -0.39 is 18.8 Å². The van der Waals surface area contributed by atoms with E-state index in [1.165, 1.54) is 6.07 Å². The van der Waals surface area contributed by atoms with E-state index in [0.29, 0.717) is 18.1 Å². The number of aryl methyl sites for hydroxylation is 1. The van der Waals surface area contributed by atoms with Crippen molar-refractivity contribution in [2.75, 3.05) is 20.3 Å². The third kappa shape index (κ3) is 3.34. The number of ether oxygens (including phenoxy) is 1. The molecular weight excluding hydrogens is 343 g/mol. The summed E-state index contributed by atoms with van der Waals surface area (Å²) < 4.78 is 42.7. The Morgan fingerprint density at radius 2 is 1.92 bits per heavy atom. The van der Waals surface area contributed by atoms with Gasteiger partial charge in [-0.2, -0.15) is 8.78 Å². The van der Waals surface area contributed by atoms with Gasteiger partial charge in [0.15, 0.2) is 5.96 Å². The second-order valence-corrected chi connectivity index (χ2v) is 6.19. The first-order chi connectivity index (χ1) is 12.5. The molecule has 1 atom stereocenters. The number of rotatable bonds is 6. The van der Waals surface area contributed by atoms with Crippen molar-refractivity contribution < 1.29 is 17.9 Å². The average molecular weight is 363 g/mol. The van der Waals surface area contributed by atoms with Gasteiger partial charge in [-0.15, -0.1) is 0 Å². The molecule has 0 aliphatic carbocycles. The minimum absolute atomic E-state index is 0.0181. The molecule has 7 heteroatoms. The summed E-state index contributed by atoms with van der Waals surface area (Å²) in [4.78, 5) is 6.50. The molecule has 2 aromatic rings. The number of halogens is 3. The van der Waals surface area contributed by atoms with Gasteiger partial charge in [0, 0.05) is 13.5 Å². The molecule has 0 amide bonds. The molecule has 1 aliphatic rings. The number of likely N-dealkylation sites (N-methyl/N-ethyl adjacent to an activating group) is 1. The molecule has 3 rings (SSSR count). The lowest BCUT2D eigenvalue weighted by Crippen LogP contribution is -2.34.